The van der Waals surface area contributed by atoms with Gasteiger partial charge in [0.1, 0.15) is 5.56 Å². The maximum Gasteiger partial charge on any atom is 0.261 e. The molecule has 98 valence electrons. The number of rotatable bonds is 2. The van der Waals surface area contributed by atoms with Crippen molar-refractivity contribution in [3.63, 3.8) is 0 Å². The van der Waals surface area contributed by atoms with Gasteiger partial charge in [-0.05, 0) is 31.5 Å². The molecule has 0 spiro atoms. The van der Waals surface area contributed by atoms with Crippen LogP contribution in [0, 0.1) is 13.8 Å². The van der Waals surface area contributed by atoms with Crippen LogP contribution < -0.4 is 10.7 Å². The molecule has 5 heteroatoms. The second kappa shape index (κ2) is 5.28. The van der Waals surface area contributed by atoms with Crippen LogP contribution in [0.3, 0.4) is 0 Å². The molecule has 0 saturated carbocycles. The van der Waals surface area contributed by atoms with Gasteiger partial charge in [0.2, 0.25) is 0 Å². The Morgan fingerprint density at radius 3 is 2.74 bits per heavy atom. The van der Waals surface area contributed by atoms with Crippen LogP contribution in [0.25, 0.3) is 0 Å². The fourth-order valence-corrected chi connectivity index (χ4v) is 1.86. The lowest BCUT2D eigenvalue weighted by atomic mass is 10.2. The average molecular weight is 277 g/mol. The third-order valence-electron chi connectivity index (χ3n) is 2.82. The van der Waals surface area contributed by atoms with Gasteiger partial charge in [-0.1, -0.05) is 17.7 Å². The van der Waals surface area contributed by atoms with Crippen molar-refractivity contribution in [1.82, 2.24) is 4.98 Å². The number of pyridine rings is 1. The second-order valence-electron chi connectivity index (χ2n) is 4.26. The quantitative estimate of drug-likeness (QED) is 0.886. The molecule has 0 radical (unpaired) electrons. The van der Waals surface area contributed by atoms with Crippen molar-refractivity contribution < 1.29 is 4.79 Å². The molecule has 1 aromatic carbocycles. The molecule has 4 nitrogen and oxygen atoms in total. The summed E-state index contributed by atoms with van der Waals surface area (Å²) in [6.45, 7) is 3.56. The summed E-state index contributed by atoms with van der Waals surface area (Å²) < 4.78 is 0. The number of aromatic nitrogens is 1. The molecule has 0 aliphatic heterocycles. The zero-order valence-corrected chi connectivity index (χ0v) is 11.3. The Labute approximate surface area is 115 Å². The second-order valence-corrected chi connectivity index (χ2v) is 4.67. The molecule has 2 N–H and O–H groups in total. The SMILES string of the molecule is Cc1cc(=O)c(C(=O)Nc2cccc(Cl)c2C)c[nH]1. The smallest absolute Gasteiger partial charge is 0.261 e. The van der Waals surface area contributed by atoms with Crippen LogP contribution in [0.1, 0.15) is 21.6 Å². The van der Waals surface area contributed by atoms with Crippen molar-refractivity contribution in [2.24, 2.45) is 0 Å². The van der Waals surface area contributed by atoms with Gasteiger partial charge < -0.3 is 10.3 Å². The maximum absolute atomic E-state index is 12.0. The number of amides is 1. The molecule has 1 aromatic heterocycles. The van der Waals surface area contributed by atoms with Crippen LogP contribution >= 0.6 is 11.6 Å². The minimum atomic E-state index is -0.452. The van der Waals surface area contributed by atoms with Gasteiger partial charge in [-0.15, -0.1) is 0 Å². The van der Waals surface area contributed by atoms with Crippen molar-refractivity contribution in [3.05, 3.63) is 62.5 Å². The summed E-state index contributed by atoms with van der Waals surface area (Å²) >= 11 is 5.98. The minimum Gasteiger partial charge on any atom is -0.364 e. The number of H-pyrrole nitrogens is 1. The third-order valence-corrected chi connectivity index (χ3v) is 3.23. The number of nitrogens with one attached hydrogen (secondary N) is 2. The van der Waals surface area contributed by atoms with E-state index in [0.717, 1.165) is 5.56 Å². The number of anilines is 1. The highest BCUT2D eigenvalue weighted by atomic mass is 35.5. The number of carbonyl (C=O) groups excluding carboxylic acids is 1. The van der Waals surface area contributed by atoms with Crippen molar-refractivity contribution in [2.75, 3.05) is 5.32 Å². The number of halogens is 1. The van der Waals surface area contributed by atoms with Crippen molar-refractivity contribution >= 4 is 23.2 Å². The van der Waals surface area contributed by atoms with E-state index in [9.17, 15) is 9.59 Å². The van der Waals surface area contributed by atoms with Crippen LogP contribution in [-0.2, 0) is 0 Å². The Kier molecular flexibility index (Phi) is 3.71. The monoisotopic (exact) mass is 276 g/mol. The van der Waals surface area contributed by atoms with Gasteiger partial charge >= 0.3 is 0 Å². The first kappa shape index (κ1) is 13.4. The van der Waals surface area contributed by atoms with E-state index in [0.29, 0.717) is 16.4 Å². The van der Waals surface area contributed by atoms with Crippen LogP contribution in [0.4, 0.5) is 5.69 Å². The maximum atomic E-state index is 12.0. The zero-order chi connectivity index (χ0) is 14.0. The molecule has 0 aliphatic rings. The zero-order valence-electron chi connectivity index (χ0n) is 10.6. The molecular formula is C14H13ClN2O2. The molecule has 1 heterocycles. The van der Waals surface area contributed by atoms with Crippen LogP contribution in [0.5, 0.6) is 0 Å². The van der Waals surface area contributed by atoms with Gasteiger partial charge in [0.15, 0.2) is 5.43 Å². The number of hydrogen-bond donors (Lipinski definition) is 2. The Morgan fingerprint density at radius 1 is 1.32 bits per heavy atom. The highest BCUT2D eigenvalue weighted by molar-refractivity contribution is 6.31. The summed E-state index contributed by atoms with van der Waals surface area (Å²) in [6, 6.07) is 6.61. The van der Waals surface area contributed by atoms with Crippen LogP contribution in [0.2, 0.25) is 5.02 Å². The fourth-order valence-electron chi connectivity index (χ4n) is 1.68. The molecule has 0 atom stereocenters. The lowest BCUT2D eigenvalue weighted by Crippen LogP contribution is -2.21. The average Bonchev–Trinajstić information content (AvgIpc) is 2.34. The van der Waals surface area contributed by atoms with Gasteiger partial charge in [0.25, 0.3) is 5.91 Å². The first-order chi connectivity index (χ1) is 8.99. The topological polar surface area (TPSA) is 62.0 Å². The normalized spacial score (nSPS) is 10.3. The lowest BCUT2D eigenvalue weighted by Gasteiger charge is -2.09. The molecule has 0 aliphatic carbocycles. The highest BCUT2D eigenvalue weighted by Gasteiger charge is 2.12. The van der Waals surface area contributed by atoms with Gasteiger partial charge in [0, 0.05) is 28.7 Å². The van der Waals surface area contributed by atoms with Crippen LogP contribution in [-0.4, -0.2) is 10.9 Å². The first-order valence-electron chi connectivity index (χ1n) is 5.75. The van der Waals surface area contributed by atoms with Crippen molar-refractivity contribution in [2.45, 2.75) is 13.8 Å². The fraction of sp³-hybridized carbons (Fsp3) is 0.143. The third kappa shape index (κ3) is 2.85. The van der Waals surface area contributed by atoms with E-state index in [1.54, 1.807) is 32.0 Å². The van der Waals surface area contributed by atoms with E-state index < -0.39 is 5.91 Å². The number of aromatic amines is 1. The molecule has 0 fully saturated rings. The van der Waals surface area contributed by atoms with Crippen LogP contribution in [0.15, 0.2) is 35.3 Å². The summed E-state index contributed by atoms with van der Waals surface area (Å²) in [5.41, 5.74) is 1.83. The molecule has 2 aromatic rings. The van der Waals surface area contributed by atoms with E-state index in [-0.39, 0.29) is 11.0 Å². The Morgan fingerprint density at radius 2 is 2.05 bits per heavy atom. The number of benzene rings is 1. The summed E-state index contributed by atoms with van der Waals surface area (Å²) in [6.07, 6.45) is 1.41. The molecule has 19 heavy (non-hydrogen) atoms. The highest BCUT2D eigenvalue weighted by Crippen LogP contribution is 2.23. The summed E-state index contributed by atoms with van der Waals surface area (Å²) in [5, 5.41) is 3.25. The van der Waals surface area contributed by atoms with Gasteiger partial charge in [-0.3, -0.25) is 9.59 Å². The molecule has 0 saturated heterocycles. The number of carbonyl (C=O) groups is 1. The number of hydrogen-bond acceptors (Lipinski definition) is 2. The lowest BCUT2D eigenvalue weighted by molar-refractivity contribution is 0.102. The molecule has 0 unspecified atom stereocenters. The summed E-state index contributed by atoms with van der Waals surface area (Å²) in [4.78, 5) is 26.6. The van der Waals surface area contributed by atoms with Gasteiger partial charge in [0.05, 0.1) is 0 Å². The standard InChI is InChI=1S/C14H13ClN2O2/c1-8-6-13(18)10(7-16-8)14(19)17-12-5-3-4-11(15)9(12)2/h3-7H,1-2H3,(H,16,18)(H,17,19). The van der Waals surface area contributed by atoms with Crippen molar-refractivity contribution in [1.29, 1.82) is 0 Å². The predicted molar refractivity (Wildman–Crippen MR) is 75.9 cm³/mol. The Balaban J connectivity index is 2.31. The molecule has 0 bridgehead atoms. The Hall–Kier alpha value is -2.07. The Bertz CT molecular complexity index is 692. The van der Waals surface area contributed by atoms with E-state index in [1.807, 2.05) is 0 Å². The van der Waals surface area contributed by atoms with E-state index in [1.165, 1.54) is 12.3 Å². The molecular weight excluding hydrogens is 264 g/mol. The first-order valence-corrected chi connectivity index (χ1v) is 6.12. The predicted octanol–water partition coefficient (Wildman–Crippen LogP) is 2.90. The minimum absolute atomic E-state index is 0.0741. The van der Waals surface area contributed by atoms with E-state index in [4.69, 9.17) is 11.6 Å². The summed E-state index contributed by atoms with van der Waals surface area (Å²) in [5.74, 6) is -0.452. The summed E-state index contributed by atoms with van der Waals surface area (Å²) in [7, 11) is 0. The molecule has 2 rings (SSSR count). The van der Waals surface area contributed by atoms with E-state index in [2.05, 4.69) is 10.3 Å². The largest absolute Gasteiger partial charge is 0.364 e. The number of aryl methyl sites for hydroxylation is 1. The van der Waals surface area contributed by atoms with Gasteiger partial charge in [-0.2, -0.15) is 0 Å². The van der Waals surface area contributed by atoms with Gasteiger partial charge in [-0.25, -0.2) is 0 Å². The van der Waals surface area contributed by atoms with Crippen molar-refractivity contribution in [3.8, 4) is 0 Å². The van der Waals surface area contributed by atoms with E-state index >= 15 is 0 Å². The molecule has 1 amide bonds.